The number of benzene rings is 2. The fourth-order valence-corrected chi connectivity index (χ4v) is 4.28. The molecule has 2 aromatic rings. The third-order valence-electron chi connectivity index (χ3n) is 6.25. The van der Waals surface area contributed by atoms with Crippen LogP contribution in [0.2, 0.25) is 0 Å². The molecule has 1 saturated carbocycles. The molecule has 2 aliphatic heterocycles. The second-order valence-corrected chi connectivity index (χ2v) is 8.53. The van der Waals surface area contributed by atoms with Crippen molar-refractivity contribution in [2.24, 2.45) is 5.92 Å². The monoisotopic (exact) mass is 408 g/mol. The lowest BCUT2D eigenvalue weighted by Crippen LogP contribution is -2.52. The van der Waals surface area contributed by atoms with Gasteiger partial charge in [-0.1, -0.05) is 30.3 Å². The second kappa shape index (κ2) is 6.82. The third-order valence-corrected chi connectivity index (χ3v) is 6.25. The number of hydrogen-bond donors (Lipinski definition) is 2. The van der Waals surface area contributed by atoms with Gasteiger partial charge in [0.25, 0.3) is 0 Å². The van der Waals surface area contributed by atoms with Gasteiger partial charge in [-0.15, -0.1) is 0 Å². The quantitative estimate of drug-likeness (QED) is 0.814. The molecule has 7 nitrogen and oxygen atoms in total. The van der Waals surface area contributed by atoms with Gasteiger partial charge in [-0.2, -0.15) is 0 Å². The molecule has 30 heavy (non-hydrogen) atoms. The standard InChI is InChI=1S/C23H24N2O5/c1-14-11-24(22(27)28)20-10-17(6-9-19(20)25(14)21(26)16-2-3-16)15-4-7-18(8-5-15)23(29)12-30-13-23/h4-10,14,16,29H,2-3,11-13H2,1H3,(H,27,28)/t14-/m0/s1. The highest BCUT2D eigenvalue weighted by molar-refractivity contribution is 6.04. The average Bonchev–Trinajstić information content (AvgIpc) is 3.56. The van der Waals surface area contributed by atoms with Gasteiger partial charge < -0.3 is 19.8 Å². The summed E-state index contributed by atoms with van der Waals surface area (Å²) in [5, 5.41) is 20.2. The first kappa shape index (κ1) is 19.1. The molecule has 2 aromatic carbocycles. The summed E-state index contributed by atoms with van der Waals surface area (Å²) in [6.07, 6.45) is 0.783. The zero-order valence-electron chi connectivity index (χ0n) is 16.7. The van der Waals surface area contributed by atoms with Crippen molar-refractivity contribution in [3.63, 3.8) is 0 Å². The Morgan fingerprint density at radius 3 is 2.27 bits per heavy atom. The zero-order chi connectivity index (χ0) is 21.0. The van der Waals surface area contributed by atoms with Gasteiger partial charge in [0.05, 0.1) is 30.6 Å². The predicted molar refractivity (Wildman–Crippen MR) is 112 cm³/mol. The van der Waals surface area contributed by atoms with Crippen molar-refractivity contribution < 1.29 is 24.5 Å². The molecule has 2 heterocycles. The maximum Gasteiger partial charge on any atom is 0.411 e. The molecule has 2 N–H and O–H groups in total. The van der Waals surface area contributed by atoms with Crippen molar-refractivity contribution in [1.29, 1.82) is 0 Å². The molecule has 2 fully saturated rings. The Labute approximate surface area is 174 Å². The van der Waals surface area contributed by atoms with E-state index in [1.54, 1.807) is 4.90 Å². The van der Waals surface area contributed by atoms with E-state index in [2.05, 4.69) is 0 Å². The number of hydrogen-bond acceptors (Lipinski definition) is 4. The topological polar surface area (TPSA) is 90.3 Å². The Bertz CT molecular complexity index is 1010. The van der Waals surface area contributed by atoms with Crippen LogP contribution in [0.15, 0.2) is 42.5 Å². The molecule has 0 bridgehead atoms. The zero-order valence-corrected chi connectivity index (χ0v) is 16.7. The second-order valence-electron chi connectivity index (χ2n) is 8.53. The van der Waals surface area contributed by atoms with Gasteiger partial charge in [0.15, 0.2) is 0 Å². The van der Waals surface area contributed by atoms with E-state index in [-0.39, 0.29) is 24.4 Å². The van der Waals surface area contributed by atoms with Gasteiger partial charge in [0, 0.05) is 12.5 Å². The summed E-state index contributed by atoms with van der Waals surface area (Å²) in [6.45, 7) is 2.72. The van der Waals surface area contributed by atoms with E-state index in [0.717, 1.165) is 29.5 Å². The summed E-state index contributed by atoms with van der Waals surface area (Å²) in [6, 6.07) is 13.0. The molecule has 3 aliphatic rings. The maximum atomic E-state index is 12.9. The van der Waals surface area contributed by atoms with Crippen molar-refractivity contribution in [3.8, 4) is 11.1 Å². The van der Waals surface area contributed by atoms with Gasteiger partial charge >= 0.3 is 6.09 Å². The number of amides is 2. The first-order valence-corrected chi connectivity index (χ1v) is 10.3. The van der Waals surface area contributed by atoms with Gasteiger partial charge in [0.2, 0.25) is 5.91 Å². The molecule has 1 saturated heterocycles. The fourth-order valence-electron chi connectivity index (χ4n) is 4.28. The number of nitrogens with zero attached hydrogens (tertiary/aromatic N) is 2. The summed E-state index contributed by atoms with van der Waals surface area (Å²) < 4.78 is 5.12. The minimum atomic E-state index is -1.03. The van der Waals surface area contributed by atoms with Crippen LogP contribution in [-0.2, 0) is 15.1 Å². The summed E-state index contributed by atoms with van der Waals surface area (Å²) in [5.41, 5.74) is 2.83. The molecule has 2 amide bonds. The van der Waals surface area contributed by atoms with Gasteiger partial charge in [-0.25, -0.2) is 4.79 Å². The number of carbonyl (C=O) groups excluding carboxylic acids is 1. The predicted octanol–water partition coefficient (Wildman–Crippen LogP) is 3.20. The molecule has 0 spiro atoms. The van der Waals surface area contributed by atoms with E-state index in [1.165, 1.54) is 4.90 Å². The Hall–Kier alpha value is -2.90. The molecule has 0 radical (unpaired) electrons. The number of ether oxygens (including phenoxy) is 1. The van der Waals surface area contributed by atoms with Crippen LogP contribution >= 0.6 is 0 Å². The number of carbonyl (C=O) groups is 2. The van der Waals surface area contributed by atoms with E-state index < -0.39 is 11.7 Å². The van der Waals surface area contributed by atoms with Crippen LogP contribution in [0.3, 0.4) is 0 Å². The Morgan fingerprint density at radius 2 is 1.70 bits per heavy atom. The summed E-state index contributed by atoms with van der Waals surface area (Å²) in [4.78, 5) is 27.9. The highest BCUT2D eigenvalue weighted by Gasteiger charge is 2.41. The molecule has 1 aliphatic carbocycles. The molecule has 1 atom stereocenters. The largest absolute Gasteiger partial charge is 0.465 e. The van der Waals surface area contributed by atoms with E-state index in [4.69, 9.17) is 4.74 Å². The van der Waals surface area contributed by atoms with Gasteiger partial charge in [-0.3, -0.25) is 9.69 Å². The average molecular weight is 408 g/mol. The van der Waals surface area contributed by atoms with Crippen molar-refractivity contribution in [1.82, 2.24) is 0 Å². The Kier molecular flexibility index (Phi) is 4.34. The normalized spacial score (nSPS) is 22.3. The Balaban J connectivity index is 1.52. The lowest BCUT2D eigenvalue weighted by atomic mass is 9.90. The van der Waals surface area contributed by atoms with Crippen molar-refractivity contribution in [3.05, 3.63) is 48.0 Å². The molecule has 0 unspecified atom stereocenters. The lowest BCUT2D eigenvalue weighted by Gasteiger charge is -2.40. The van der Waals surface area contributed by atoms with E-state index in [9.17, 15) is 19.8 Å². The molecular weight excluding hydrogens is 384 g/mol. The SMILES string of the molecule is C[C@H]1CN(C(=O)O)c2cc(-c3ccc(C4(O)COC4)cc3)ccc2N1C(=O)C1CC1. The number of fused-ring (bicyclic) bond motifs is 1. The van der Waals surface area contributed by atoms with Gasteiger partial charge in [-0.05, 0) is 48.6 Å². The van der Waals surface area contributed by atoms with E-state index in [0.29, 0.717) is 24.6 Å². The van der Waals surface area contributed by atoms with Crippen LogP contribution in [0, 0.1) is 5.92 Å². The number of aliphatic hydroxyl groups is 1. The summed E-state index contributed by atoms with van der Waals surface area (Å²) in [5.74, 6) is 0.145. The van der Waals surface area contributed by atoms with E-state index in [1.807, 2.05) is 49.4 Å². The van der Waals surface area contributed by atoms with Crippen molar-refractivity contribution in [2.75, 3.05) is 29.6 Å². The van der Waals surface area contributed by atoms with Crippen LogP contribution in [0.5, 0.6) is 0 Å². The third kappa shape index (κ3) is 3.05. The number of rotatable bonds is 3. The van der Waals surface area contributed by atoms with Crippen LogP contribution in [0.1, 0.15) is 25.3 Å². The van der Waals surface area contributed by atoms with Crippen LogP contribution in [-0.4, -0.2) is 48.0 Å². The van der Waals surface area contributed by atoms with E-state index >= 15 is 0 Å². The van der Waals surface area contributed by atoms with Crippen LogP contribution < -0.4 is 9.80 Å². The highest BCUT2D eigenvalue weighted by atomic mass is 16.5. The Morgan fingerprint density at radius 1 is 1.03 bits per heavy atom. The number of carboxylic acid groups (broad SMARTS) is 1. The molecule has 156 valence electrons. The minimum absolute atomic E-state index is 0.0604. The molecular formula is C23H24N2O5. The number of anilines is 2. The molecule has 7 heteroatoms. The first-order chi connectivity index (χ1) is 14.4. The minimum Gasteiger partial charge on any atom is -0.465 e. The summed E-state index contributed by atoms with van der Waals surface area (Å²) >= 11 is 0. The van der Waals surface area contributed by atoms with Gasteiger partial charge in [0.1, 0.15) is 5.60 Å². The first-order valence-electron chi connectivity index (χ1n) is 10.3. The molecule has 0 aromatic heterocycles. The smallest absolute Gasteiger partial charge is 0.411 e. The fraction of sp³-hybridized carbons (Fsp3) is 0.391. The van der Waals surface area contributed by atoms with Crippen LogP contribution in [0.25, 0.3) is 11.1 Å². The maximum absolute atomic E-state index is 12.9. The summed E-state index contributed by atoms with van der Waals surface area (Å²) in [7, 11) is 0. The molecule has 5 rings (SSSR count). The van der Waals surface area contributed by atoms with Crippen molar-refractivity contribution in [2.45, 2.75) is 31.4 Å². The van der Waals surface area contributed by atoms with Crippen LogP contribution in [0.4, 0.5) is 16.2 Å². The lowest BCUT2D eigenvalue weighted by molar-refractivity contribution is -0.184. The van der Waals surface area contributed by atoms with Crippen molar-refractivity contribution >= 4 is 23.4 Å². The highest BCUT2D eigenvalue weighted by Crippen LogP contribution is 2.42.